The van der Waals surface area contributed by atoms with Gasteiger partial charge in [-0.3, -0.25) is 9.59 Å². The average Bonchev–Trinajstić information content (AvgIpc) is 3.17. The molecule has 4 aromatic carbocycles. The maximum atomic E-state index is 14.1. The Kier molecular flexibility index (Phi) is 5.76. The minimum Gasteiger partial charge on any atom is -0.310 e. The van der Waals surface area contributed by atoms with Crippen molar-refractivity contribution in [1.29, 1.82) is 0 Å². The number of para-hydroxylation sites is 3. The highest BCUT2D eigenvalue weighted by molar-refractivity contribution is 6.35. The third-order valence-electron chi connectivity index (χ3n) is 8.33. The molecule has 0 unspecified atom stereocenters. The van der Waals surface area contributed by atoms with E-state index in [4.69, 9.17) is 0 Å². The fourth-order valence-electron chi connectivity index (χ4n) is 6.29. The lowest BCUT2D eigenvalue weighted by Crippen LogP contribution is -2.32. The van der Waals surface area contributed by atoms with Gasteiger partial charge in [-0.2, -0.15) is 0 Å². The predicted molar refractivity (Wildman–Crippen MR) is 159 cm³/mol. The molecule has 0 saturated carbocycles. The first-order chi connectivity index (χ1) is 18.6. The molecule has 4 heteroatoms. The highest BCUT2D eigenvalue weighted by Gasteiger charge is 2.41. The van der Waals surface area contributed by atoms with E-state index in [0.29, 0.717) is 11.1 Å². The van der Waals surface area contributed by atoms with Gasteiger partial charge in [0.05, 0.1) is 28.2 Å². The van der Waals surface area contributed by atoms with E-state index in [0.717, 1.165) is 33.9 Å². The zero-order valence-electron chi connectivity index (χ0n) is 23.4. The lowest BCUT2D eigenvalue weighted by atomic mass is 9.73. The fraction of sp³-hybridized carbons (Fsp3) is 0.257. The normalized spacial score (nSPS) is 15.6. The number of imide groups is 1. The summed E-state index contributed by atoms with van der Waals surface area (Å²) in [4.78, 5) is 31.5. The number of hydrogen-bond donors (Lipinski definition) is 0. The zero-order valence-corrected chi connectivity index (χ0v) is 23.4. The van der Waals surface area contributed by atoms with Crippen LogP contribution in [0.2, 0.25) is 0 Å². The standard InChI is InChI=1S/C35H34N2O2/c1-21(2)24-12-11-13-25(22(3)4)32(24)37-33(38)26-19-18-23(20-27(26)34(37)39)36-30-16-9-7-14-28(30)35(5,6)29-15-8-10-17-31(29)36/h7-22H,1-6H3. The molecule has 0 radical (unpaired) electrons. The van der Waals surface area contributed by atoms with Crippen LogP contribution in [-0.2, 0) is 5.41 Å². The summed E-state index contributed by atoms with van der Waals surface area (Å²) in [7, 11) is 0. The molecule has 0 aromatic heterocycles. The van der Waals surface area contributed by atoms with Crippen molar-refractivity contribution in [3.05, 3.63) is 118 Å². The number of carbonyl (C=O) groups is 2. The van der Waals surface area contributed by atoms with Crippen LogP contribution in [0.25, 0.3) is 0 Å². The van der Waals surface area contributed by atoms with Crippen LogP contribution in [0.5, 0.6) is 0 Å². The van der Waals surface area contributed by atoms with Crippen molar-refractivity contribution in [1.82, 2.24) is 0 Å². The Labute approximate surface area is 230 Å². The minimum absolute atomic E-state index is 0.170. The first-order valence-electron chi connectivity index (χ1n) is 13.8. The average molecular weight is 515 g/mol. The smallest absolute Gasteiger partial charge is 0.266 e. The van der Waals surface area contributed by atoms with Crippen LogP contribution in [-0.4, -0.2) is 11.8 Å². The molecule has 2 heterocycles. The van der Waals surface area contributed by atoms with Crippen molar-refractivity contribution in [2.75, 3.05) is 9.80 Å². The molecule has 0 atom stereocenters. The van der Waals surface area contributed by atoms with E-state index >= 15 is 0 Å². The lowest BCUT2D eigenvalue weighted by molar-refractivity contribution is 0.0925. The fourth-order valence-corrected chi connectivity index (χ4v) is 6.29. The molecular formula is C35H34N2O2. The predicted octanol–water partition coefficient (Wildman–Crippen LogP) is 8.84. The van der Waals surface area contributed by atoms with Gasteiger partial charge in [-0.15, -0.1) is 0 Å². The minimum atomic E-state index is -0.259. The van der Waals surface area contributed by atoms with Crippen molar-refractivity contribution < 1.29 is 9.59 Å². The Morgan fingerprint density at radius 3 is 1.64 bits per heavy atom. The second-order valence-electron chi connectivity index (χ2n) is 11.8. The van der Waals surface area contributed by atoms with Crippen LogP contribution < -0.4 is 9.80 Å². The van der Waals surface area contributed by atoms with E-state index in [1.807, 2.05) is 36.4 Å². The van der Waals surface area contributed by atoms with Gasteiger partial charge in [0.25, 0.3) is 11.8 Å². The van der Waals surface area contributed by atoms with E-state index in [1.165, 1.54) is 16.0 Å². The molecule has 2 aliphatic heterocycles. The Hall–Kier alpha value is -4.18. The molecule has 196 valence electrons. The van der Waals surface area contributed by atoms with Gasteiger partial charge in [-0.1, -0.05) is 96.1 Å². The van der Waals surface area contributed by atoms with Crippen LogP contribution >= 0.6 is 0 Å². The van der Waals surface area contributed by atoms with Gasteiger partial charge >= 0.3 is 0 Å². The molecular weight excluding hydrogens is 480 g/mol. The summed E-state index contributed by atoms with van der Waals surface area (Å²) in [6.45, 7) is 12.9. The number of hydrogen-bond acceptors (Lipinski definition) is 3. The first-order valence-corrected chi connectivity index (χ1v) is 13.8. The SMILES string of the molecule is CC(C)c1cccc(C(C)C)c1N1C(=O)c2ccc(N3c4ccccc4C(C)(C)c4ccccc43)cc2C1=O. The van der Waals surface area contributed by atoms with Crippen LogP contribution in [0.15, 0.2) is 84.9 Å². The molecule has 2 amide bonds. The number of rotatable bonds is 4. The Morgan fingerprint density at radius 2 is 1.10 bits per heavy atom. The summed E-state index contributed by atoms with van der Waals surface area (Å²) in [5.41, 5.74) is 8.98. The van der Waals surface area contributed by atoms with Gasteiger partial charge in [0.1, 0.15) is 0 Å². The van der Waals surface area contributed by atoms with Gasteiger partial charge < -0.3 is 4.90 Å². The van der Waals surface area contributed by atoms with Crippen molar-refractivity contribution in [3.8, 4) is 0 Å². The summed E-state index contributed by atoms with van der Waals surface area (Å²) in [6.07, 6.45) is 0. The topological polar surface area (TPSA) is 40.6 Å². The summed E-state index contributed by atoms with van der Waals surface area (Å²) in [5, 5.41) is 0. The summed E-state index contributed by atoms with van der Waals surface area (Å²) >= 11 is 0. The van der Waals surface area contributed by atoms with Crippen molar-refractivity contribution in [2.24, 2.45) is 0 Å². The Balaban J connectivity index is 1.51. The summed E-state index contributed by atoms with van der Waals surface area (Å²) in [5.74, 6) is -0.172. The highest BCUT2D eigenvalue weighted by Crippen LogP contribution is 2.52. The molecule has 4 nitrogen and oxygen atoms in total. The third kappa shape index (κ3) is 3.65. The van der Waals surface area contributed by atoms with Crippen molar-refractivity contribution >= 4 is 34.6 Å². The third-order valence-corrected chi connectivity index (χ3v) is 8.33. The number of carbonyl (C=O) groups excluding carboxylic acids is 2. The molecule has 0 aliphatic carbocycles. The van der Waals surface area contributed by atoms with Crippen LogP contribution in [0.4, 0.5) is 22.7 Å². The second-order valence-corrected chi connectivity index (χ2v) is 11.8. The van der Waals surface area contributed by atoms with Gasteiger partial charge in [0, 0.05) is 11.1 Å². The van der Waals surface area contributed by atoms with Crippen molar-refractivity contribution in [2.45, 2.75) is 58.8 Å². The van der Waals surface area contributed by atoms with Crippen LogP contribution in [0.1, 0.15) is 96.3 Å². The molecule has 0 N–H and O–H groups in total. The summed E-state index contributed by atoms with van der Waals surface area (Å²) in [6, 6.07) is 28.7. The number of nitrogens with zero attached hydrogens (tertiary/aromatic N) is 2. The molecule has 0 fully saturated rings. The zero-order chi connectivity index (χ0) is 27.6. The number of amides is 2. The largest absolute Gasteiger partial charge is 0.310 e. The monoisotopic (exact) mass is 514 g/mol. The molecule has 0 bridgehead atoms. The van der Waals surface area contributed by atoms with E-state index < -0.39 is 0 Å². The first kappa shape index (κ1) is 25.1. The maximum Gasteiger partial charge on any atom is 0.266 e. The molecule has 39 heavy (non-hydrogen) atoms. The van der Waals surface area contributed by atoms with Gasteiger partial charge in [0.15, 0.2) is 0 Å². The van der Waals surface area contributed by atoms with E-state index in [-0.39, 0.29) is 29.1 Å². The summed E-state index contributed by atoms with van der Waals surface area (Å²) < 4.78 is 0. The number of benzene rings is 4. The Morgan fingerprint density at radius 1 is 0.590 bits per heavy atom. The molecule has 0 spiro atoms. The molecule has 0 saturated heterocycles. The van der Waals surface area contributed by atoms with Gasteiger partial charge in [0.2, 0.25) is 0 Å². The second kappa shape index (κ2) is 8.94. The quantitative estimate of drug-likeness (QED) is 0.255. The van der Waals surface area contributed by atoms with Crippen molar-refractivity contribution in [3.63, 3.8) is 0 Å². The molecule has 6 rings (SSSR count). The highest BCUT2D eigenvalue weighted by atomic mass is 16.2. The molecule has 4 aromatic rings. The van der Waals surface area contributed by atoms with E-state index in [2.05, 4.69) is 95.0 Å². The van der Waals surface area contributed by atoms with E-state index in [9.17, 15) is 9.59 Å². The van der Waals surface area contributed by atoms with E-state index in [1.54, 1.807) is 0 Å². The van der Waals surface area contributed by atoms with Gasteiger partial charge in [-0.05, 0) is 64.4 Å². The van der Waals surface area contributed by atoms with Crippen LogP contribution in [0, 0.1) is 0 Å². The van der Waals surface area contributed by atoms with Gasteiger partial charge in [-0.25, -0.2) is 4.90 Å². The number of fused-ring (bicyclic) bond motifs is 3. The maximum absolute atomic E-state index is 14.1. The number of anilines is 4. The Bertz CT molecular complexity index is 1570. The lowest BCUT2D eigenvalue weighted by Gasteiger charge is -2.42. The van der Waals surface area contributed by atoms with Crippen LogP contribution in [0.3, 0.4) is 0 Å². The molecule has 2 aliphatic rings.